The van der Waals surface area contributed by atoms with E-state index in [4.69, 9.17) is 11.6 Å². The maximum absolute atomic E-state index is 12.6. The molecule has 1 aromatic carbocycles. The number of benzene rings is 1. The normalized spacial score (nSPS) is 36.5. The highest BCUT2D eigenvalue weighted by Crippen LogP contribution is 2.48. The Morgan fingerprint density at radius 1 is 1.13 bits per heavy atom. The van der Waals surface area contributed by atoms with Crippen molar-refractivity contribution in [3.05, 3.63) is 34.9 Å². The third-order valence-corrected chi connectivity index (χ3v) is 6.36. The van der Waals surface area contributed by atoms with Crippen LogP contribution in [0.5, 0.6) is 0 Å². The fourth-order valence-electron chi connectivity index (χ4n) is 4.61. The van der Waals surface area contributed by atoms with E-state index < -0.39 is 0 Å². The van der Waals surface area contributed by atoms with Gasteiger partial charge in [0, 0.05) is 29.1 Å². The van der Waals surface area contributed by atoms with Crippen molar-refractivity contribution < 1.29 is 4.79 Å². The van der Waals surface area contributed by atoms with Gasteiger partial charge in [-0.25, -0.2) is 0 Å². The first-order valence-corrected chi connectivity index (χ1v) is 9.27. The number of rotatable bonds is 3. The van der Waals surface area contributed by atoms with Crippen molar-refractivity contribution in [2.75, 3.05) is 7.05 Å². The zero-order chi connectivity index (χ0) is 16.0. The number of hydrogen-bond acceptors (Lipinski definition) is 2. The smallest absolute Gasteiger partial charge is 0.223 e. The molecule has 4 unspecified atom stereocenters. The van der Waals surface area contributed by atoms with E-state index in [2.05, 4.69) is 29.4 Å². The lowest BCUT2D eigenvalue weighted by atomic mass is 9.82. The fraction of sp³-hybridized carbons (Fsp3) is 0.632. The van der Waals surface area contributed by atoms with E-state index in [1.807, 2.05) is 12.1 Å². The first kappa shape index (κ1) is 15.5. The minimum Gasteiger partial charge on any atom is -0.353 e. The molecule has 4 heteroatoms. The van der Waals surface area contributed by atoms with Crippen molar-refractivity contribution in [2.24, 2.45) is 5.92 Å². The predicted octanol–water partition coefficient (Wildman–Crippen LogP) is 3.58. The molecule has 4 rings (SSSR count). The Kier molecular flexibility index (Phi) is 4.10. The van der Waals surface area contributed by atoms with E-state index in [1.54, 1.807) is 0 Å². The molecule has 1 aliphatic carbocycles. The monoisotopic (exact) mass is 332 g/mol. The molecule has 23 heavy (non-hydrogen) atoms. The van der Waals surface area contributed by atoms with Gasteiger partial charge in [-0.3, -0.25) is 4.79 Å². The lowest BCUT2D eigenvalue weighted by Gasteiger charge is -2.47. The molecule has 3 aliphatic rings. The Labute approximate surface area is 143 Å². The largest absolute Gasteiger partial charge is 0.353 e. The second-order valence-electron chi connectivity index (χ2n) is 7.58. The van der Waals surface area contributed by atoms with E-state index in [9.17, 15) is 4.79 Å². The number of amides is 1. The second-order valence-corrected chi connectivity index (χ2v) is 8.02. The Morgan fingerprint density at radius 3 is 2.43 bits per heavy atom. The van der Waals surface area contributed by atoms with E-state index in [-0.39, 0.29) is 11.8 Å². The van der Waals surface area contributed by atoms with Crippen LogP contribution in [0.3, 0.4) is 0 Å². The maximum Gasteiger partial charge on any atom is 0.223 e. The summed E-state index contributed by atoms with van der Waals surface area (Å²) in [6.07, 6.45) is 7.15. The zero-order valence-electron chi connectivity index (χ0n) is 13.7. The summed E-state index contributed by atoms with van der Waals surface area (Å²) in [6, 6.07) is 9.66. The Bertz CT molecular complexity index is 574. The molecule has 0 spiro atoms. The summed E-state index contributed by atoms with van der Waals surface area (Å²) in [7, 11) is 2.25. The summed E-state index contributed by atoms with van der Waals surface area (Å²) < 4.78 is 0. The summed E-state index contributed by atoms with van der Waals surface area (Å²) in [6.45, 7) is 0. The molecule has 1 aromatic rings. The first-order valence-electron chi connectivity index (χ1n) is 8.89. The number of hydrogen-bond donors (Lipinski definition) is 1. The van der Waals surface area contributed by atoms with E-state index in [1.165, 1.54) is 24.8 Å². The van der Waals surface area contributed by atoms with Gasteiger partial charge in [0.2, 0.25) is 5.91 Å². The summed E-state index contributed by atoms with van der Waals surface area (Å²) in [5, 5.41) is 4.11. The summed E-state index contributed by atoms with van der Waals surface area (Å²) in [5.74, 6) is 0.811. The standard InChI is InChI=1S/C19H25ClN2O/c1-22-15-3-2-4-16(22)10-14(9-15)21-19(23)18-11-17(18)12-5-7-13(20)8-6-12/h5-8,14-18H,2-4,9-11H2,1H3,(H,21,23). The Balaban J connectivity index is 1.34. The van der Waals surface area contributed by atoms with Crippen molar-refractivity contribution >= 4 is 17.5 Å². The van der Waals surface area contributed by atoms with Gasteiger partial charge in [0.05, 0.1) is 0 Å². The minimum atomic E-state index is 0.163. The summed E-state index contributed by atoms with van der Waals surface area (Å²) in [4.78, 5) is 15.1. The van der Waals surface area contributed by atoms with Gasteiger partial charge in [0.1, 0.15) is 0 Å². The van der Waals surface area contributed by atoms with Crippen LogP contribution in [0.25, 0.3) is 0 Å². The van der Waals surface area contributed by atoms with Crippen LogP contribution in [0.1, 0.15) is 50.0 Å². The molecule has 124 valence electrons. The summed E-state index contributed by atoms with van der Waals surface area (Å²) in [5.41, 5.74) is 1.25. The average Bonchev–Trinajstić information content (AvgIpc) is 3.30. The topological polar surface area (TPSA) is 32.3 Å². The molecule has 2 heterocycles. The SMILES string of the molecule is CN1C2CCCC1CC(NC(=O)C1CC1c1ccc(Cl)cc1)C2. The van der Waals surface area contributed by atoms with Crippen LogP contribution in [-0.2, 0) is 4.79 Å². The van der Waals surface area contributed by atoms with Crippen molar-refractivity contribution in [3.8, 4) is 0 Å². The zero-order valence-corrected chi connectivity index (χ0v) is 14.4. The van der Waals surface area contributed by atoms with Gasteiger partial charge in [-0.1, -0.05) is 30.2 Å². The minimum absolute atomic E-state index is 0.163. The van der Waals surface area contributed by atoms with Gasteiger partial charge in [-0.05, 0) is 62.8 Å². The third kappa shape index (κ3) is 3.14. The molecule has 0 aromatic heterocycles. The lowest BCUT2D eigenvalue weighted by molar-refractivity contribution is -0.123. The number of piperidine rings is 2. The van der Waals surface area contributed by atoms with Gasteiger partial charge in [-0.2, -0.15) is 0 Å². The number of fused-ring (bicyclic) bond motifs is 2. The van der Waals surface area contributed by atoms with E-state index >= 15 is 0 Å². The molecule has 1 amide bonds. The van der Waals surface area contributed by atoms with Crippen LogP contribution in [0.4, 0.5) is 0 Å². The van der Waals surface area contributed by atoms with Crippen LogP contribution >= 0.6 is 11.6 Å². The number of nitrogens with one attached hydrogen (secondary N) is 1. The van der Waals surface area contributed by atoms with Crippen LogP contribution in [0.15, 0.2) is 24.3 Å². The lowest BCUT2D eigenvalue weighted by Crippen LogP contribution is -2.55. The molecular weight excluding hydrogens is 308 g/mol. The molecule has 2 saturated heterocycles. The van der Waals surface area contributed by atoms with Crippen LogP contribution < -0.4 is 5.32 Å². The van der Waals surface area contributed by atoms with Crippen LogP contribution in [-0.4, -0.2) is 36.0 Å². The van der Waals surface area contributed by atoms with Gasteiger partial charge in [-0.15, -0.1) is 0 Å². The highest BCUT2D eigenvalue weighted by atomic mass is 35.5. The first-order chi connectivity index (χ1) is 11.1. The maximum atomic E-state index is 12.6. The fourth-order valence-corrected chi connectivity index (χ4v) is 4.73. The number of carbonyl (C=O) groups excluding carboxylic acids is 1. The van der Waals surface area contributed by atoms with Crippen molar-refractivity contribution in [3.63, 3.8) is 0 Å². The molecular formula is C19H25ClN2O. The highest BCUT2D eigenvalue weighted by molar-refractivity contribution is 6.30. The molecule has 3 fully saturated rings. The Hall–Kier alpha value is -1.06. The van der Waals surface area contributed by atoms with Crippen LogP contribution in [0.2, 0.25) is 5.02 Å². The molecule has 2 aliphatic heterocycles. The van der Waals surface area contributed by atoms with Crippen LogP contribution in [0, 0.1) is 5.92 Å². The summed E-state index contributed by atoms with van der Waals surface area (Å²) >= 11 is 5.94. The number of halogens is 1. The van der Waals surface area contributed by atoms with Crippen molar-refractivity contribution in [1.82, 2.24) is 10.2 Å². The van der Waals surface area contributed by atoms with Gasteiger partial charge < -0.3 is 10.2 Å². The number of carbonyl (C=O) groups is 1. The van der Waals surface area contributed by atoms with Gasteiger partial charge >= 0.3 is 0 Å². The number of nitrogens with zero attached hydrogens (tertiary/aromatic N) is 1. The average molecular weight is 333 g/mol. The molecule has 3 nitrogen and oxygen atoms in total. The van der Waals surface area contributed by atoms with E-state index in [0.29, 0.717) is 24.0 Å². The quantitative estimate of drug-likeness (QED) is 0.917. The van der Waals surface area contributed by atoms with Gasteiger partial charge in [0.15, 0.2) is 0 Å². The molecule has 4 atom stereocenters. The molecule has 0 radical (unpaired) electrons. The Morgan fingerprint density at radius 2 is 1.78 bits per heavy atom. The molecule has 1 N–H and O–H groups in total. The predicted molar refractivity (Wildman–Crippen MR) is 92.7 cm³/mol. The molecule has 2 bridgehead atoms. The molecule has 1 saturated carbocycles. The highest BCUT2D eigenvalue weighted by Gasteiger charge is 2.45. The van der Waals surface area contributed by atoms with Gasteiger partial charge in [0.25, 0.3) is 0 Å². The second kappa shape index (κ2) is 6.10. The van der Waals surface area contributed by atoms with Crippen molar-refractivity contribution in [2.45, 2.75) is 62.6 Å². The van der Waals surface area contributed by atoms with Crippen molar-refractivity contribution in [1.29, 1.82) is 0 Å². The third-order valence-electron chi connectivity index (χ3n) is 6.11. The van der Waals surface area contributed by atoms with E-state index in [0.717, 1.165) is 24.3 Å².